The summed E-state index contributed by atoms with van der Waals surface area (Å²) in [4.78, 5) is 38.9. The van der Waals surface area contributed by atoms with Gasteiger partial charge in [0.2, 0.25) is 5.91 Å². The first-order valence-electron chi connectivity index (χ1n) is 8.51. The van der Waals surface area contributed by atoms with E-state index in [0.717, 1.165) is 15.6 Å². The van der Waals surface area contributed by atoms with Crippen LogP contribution in [0.25, 0.3) is 0 Å². The molecule has 0 saturated carbocycles. The van der Waals surface area contributed by atoms with Crippen molar-refractivity contribution in [3.05, 3.63) is 70.2 Å². The summed E-state index contributed by atoms with van der Waals surface area (Å²) in [6.07, 6.45) is -0.732. The molecule has 27 heavy (non-hydrogen) atoms. The molecule has 2 saturated heterocycles. The summed E-state index contributed by atoms with van der Waals surface area (Å²) in [6.45, 7) is 0.284. The number of fused-ring (bicyclic) bond motifs is 1. The van der Waals surface area contributed by atoms with Gasteiger partial charge in [-0.25, -0.2) is 9.59 Å². The zero-order valence-electron chi connectivity index (χ0n) is 14.2. The average Bonchev–Trinajstić information content (AvgIpc) is 2.65. The topological polar surface area (TPSA) is 90.5 Å². The van der Waals surface area contributed by atoms with Gasteiger partial charge in [-0.1, -0.05) is 58.4 Å². The van der Waals surface area contributed by atoms with E-state index in [4.69, 9.17) is 0 Å². The van der Waals surface area contributed by atoms with E-state index in [1.165, 1.54) is 4.90 Å². The van der Waals surface area contributed by atoms with E-state index in [9.17, 15) is 14.4 Å². The summed E-state index contributed by atoms with van der Waals surface area (Å²) >= 11 is 3.42. The van der Waals surface area contributed by atoms with E-state index >= 15 is 0 Å². The molecule has 8 heteroatoms. The number of carbonyl (C=O) groups is 3. The standard InChI is InChI=1S/C19H17BrN4O3/c20-13-8-4-7-12(9-13)15-14-16(22-18(26)21-15)24(19(27)23-17(14)25)10-11-5-2-1-3-6-11/h1-9,14-16H,10H2,(H2,21,22,26)(H,23,25,27). The average molecular weight is 429 g/mol. The summed E-state index contributed by atoms with van der Waals surface area (Å²) in [5.41, 5.74) is 1.70. The Bertz CT molecular complexity index is 905. The van der Waals surface area contributed by atoms with Gasteiger partial charge in [-0.3, -0.25) is 15.0 Å². The third-order valence-corrected chi connectivity index (χ3v) is 5.29. The van der Waals surface area contributed by atoms with Crippen molar-refractivity contribution >= 4 is 33.9 Å². The normalized spacial score (nSPS) is 24.6. The minimum Gasteiger partial charge on any atom is -0.330 e. The summed E-state index contributed by atoms with van der Waals surface area (Å²) in [6, 6.07) is 15.4. The van der Waals surface area contributed by atoms with Gasteiger partial charge in [0.25, 0.3) is 0 Å². The smallest absolute Gasteiger partial charge is 0.326 e. The van der Waals surface area contributed by atoms with E-state index in [1.807, 2.05) is 54.6 Å². The number of hydrogen-bond donors (Lipinski definition) is 3. The van der Waals surface area contributed by atoms with E-state index in [0.29, 0.717) is 0 Å². The molecule has 2 heterocycles. The number of amides is 5. The van der Waals surface area contributed by atoms with Crippen LogP contribution >= 0.6 is 15.9 Å². The first kappa shape index (κ1) is 17.5. The number of imide groups is 1. The molecular weight excluding hydrogens is 412 g/mol. The molecule has 0 spiro atoms. The van der Waals surface area contributed by atoms with Crippen molar-refractivity contribution in [2.75, 3.05) is 0 Å². The van der Waals surface area contributed by atoms with Crippen molar-refractivity contribution in [3.8, 4) is 0 Å². The van der Waals surface area contributed by atoms with Gasteiger partial charge >= 0.3 is 12.1 Å². The molecule has 0 aromatic heterocycles. The summed E-state index contributed by atoms with van der Waals surface area (Å²) in [7, 11) is 0. The number of benzene rings is 2. The number of hydrogen-bond acceptors (Lipinski definition) is 3. The van der Waals surface area contributed by atoms with Crippen LogP contribution in [-0.4, -0.2) is 29.0 Å². The number of carbonyl (C=O) groups excluding carboxylic acids is 3. The number of urea groups is 2. The second kappa shape index (κ2) is 7.03. The second-order valence-corrected chi connectivity index (χ2v) is 7.44. The highest BCUT2D eigenvalue weighted by atomic mass is 79.9. The fourth-order valence-corrected chi connectivity index (χ4v) is 3.99. The van der Waals surface area contributed by atoms with Crippen LogP contribution in [0.15, 0.2) is 59.1 Å². The zero-order valence-corrected chi connectivity index (χ0v) is 15.8. The van der Waals surface area contributed by atoms with Crippen LogP contribution in [0.1, 0.15) is 17.2 Å². The quantitative estimate of drug-likeness (QED) is 0.701. The lowest BCUT2D eigenvalue weighted by atomic mass is 9.86. The third kappa shape index (κ3) is 3.40. The van der Waals surface area contributed by atoms with Gasteiger partial charge in [-0.05, 0) is 23.3 Å². The number of nitrogens with one attached hydrogen (secondary N) is 3. The van der Waals surface area contributed by atoms with Gasteiger partial charge in [-0.15, -0.1) is 0 Å². The summed E-state index contributed by atoms with van der Waals surface area (Å²) < 4.78 is 0.845. The van der Waals surface area contributed by atoms with Crippen molar-refractivity contribution in [3.63, 3.8) is 0 Å². The maximum atomic E-state index is 12.7. The Hall–Kier alpha value is -2.87. The molecule has 4 rings (SSSR count). The lowest BCUT2D eigenvalue weighted by Gasteiger charge is -2.46. The number of rotatable bonds is 3. The summed E-state index contributed by atoms with van der Waals surface area (Å²) in [5.74, 6) is -1.06. The van der Waals surface area contributed by atoms with Crippen LogP contribution in [0.5, 0.6) is 0 Å². The van der Waals surface area contributed by atoms with Crippen LogP contribution in [0, 0.1) is 5.92 Å². The fraction of sp³-hybridized carbons (Fsp3) is 0.211. The van der Waals surface area contributed by atoms with E-state index in [2.05, 4.69) is 31.9 Å². The first-order valence-corrected chi connectivity index (χ1v) is 9.30. The lowest BCUT2D eigenvalue weighted by Crippen LogP contribution is -2.71. The van der Waals surface area contributed by atoms with Gasteiger partial charge < -0.3 is 10.6 Å². The number of halogens is 1. The van der Waals surface area contributed by atoms with Crippen LogP contribution in [0.2, 0.25) is 0 Å². The first-order chi connectivity index (χ1) is 13.0. The van der Waals surface area contributed by atoms with Crippen LogP contribution in [0.4, 0.5) is 9.59 Å². The molecule has 3 unspecified atom stereocenters. The SMILES string of the molecule is O=C1NC(c2cccc(Br)c2)C2C(=O)NC(=O)N(Cc3ccccc3)C2N1. The van der Waals surface area contributed by atoms with Gasteiger partial charge in [0, 0.05) is 11.0 Å². The Morgan fingerprint density at radius 1 is 0.963 bits per heavy atom. The minimum absolute atomic E-state index is 0.284. The Balaban J connectivity index is 1.70. The van der Waals surface area contributed by atoms with Crippen molar-refractivity contribution in [1.82, 2.24) is 20.9 Å². The van der Waals surface area contributed by atoms with Crippen molar-refractivity contribution in [2.24, 2.45) is 5.92 Å². The molecule has 2 aliphatic rings. The zero-order chi connectivity index (χ0) is 19.0. The second-order valence-electron chi connectivity index (χ2n) is 6.53. The Labute approximate surface area is 164 Å². The molecule has 138 valence electrons. The minimum atomic E-state index is -0.732. The molecule has 0 radical (unpaired) electrons. The number of nitrogens with zero attached hydrogens (tertiary/aromatic N) is 1. The van der Waals surface area contributed by atoms with Crippen molar-refractivity contribution in [2.45, 2.75) is 18.8 Å². The van der Waals surface area contributed by atoms with E-state index < -0.39 is 36.1 Å². The molecule has 7 nitrogen and oxygen atoms in total. The van der Waals surface area contributed by atoms with Crippen molar-refractivity contribution in [1.29, 1.82) is 0 Å². The van der Waals surface area contributed by atoms with E-state index in [1.54, 1.807) is 0 Å². The fourth-order valence-electron chi connectivity index (χ4n) is 3.57. The largest absolute Gasteiger partial charge is 0.330 e. The molecular formula is C19H17BrN4O3. The Kier molecular flexibility index (Phi) is 4.57. The monoisotopic (exact) mass is 428 g/mol. The van der Waals surface area contributed by atoms with Gasteiger partial charge in [-0.2, -0.15) is 0 Å². The van der Waals surface area contributed by atoms with Crippen LogP contribution in [0.3, 0.4) is 0 Å². The Morgan fingerprint density at radius 3 is 2.48 bits per heavy atom. The molecule has 2 aliphatic heterocycles. The van der Waals surface area contributed by atoms with E-state index in [-0.39, 0.29) is 6.54 Å². The molecule has 0 aliphatic carbocycles. The van der Waals surface area contributed by atoms with Crippen molar-refractivity contribution < 1.29 is 14.4 Å². The molecule has 2 aromatic rings. The predicted octanol–water partition coefficient (Wildman–Crippen LogP) is 2.50. The lowest BCUT2D eigenvalue weighted by molar-refractivity contribution is -0.130. The van der Waals surface area contributed by atoms with Gasteiger partial charge in [0.05, 0.1) is 6.04 Å². The van der Waals surface area contributed by atoms with Gasteiger partial charge in [0.1, 0.15) is 12.1 Å². The molecule has 5 amide bonds. The Morgan fingerprint density at radius 2 is 1.74 bits per heavy atom. The molecule has 0 bridgehead atoms. The van der Waals surface area contributed by atoms with Gasteiger partial charge in [0.15, 0.2) is 0 Å². The molecule has 3 atom stereocenters. The third-order valence-electron chi connectivity index (χ3n) is 4.80. The summed E-state index contributed by atoms with van der Waals surface area (Å²) in [5, 5.41) is 7.99. The maximum Gasteiger partial charge on any atom is 0.326 e. The maximum absolute atomic E-state index is 12.7. The highest BCUT2D eigenvalue weighted by Gasteiger charge is 2.49. The highest BCUT2D eigenvalue weighted by Crippen LogP contribution is 2.33. The van der Waals surface area contributed by atoms with Crippen LogP contribution < -0.4 is 16.0 Å². The molecule has 2 aromatic carbocycles. The molecule has 3 N–H and O–H groups in total. The predicted molar refractivity (Wildman–Crippen MR) is 101 cm³/mol. The highest BCUT2D eigenvalue weighted by molar-refractivity contribution is 9.10. The van der Waals surface area contributed by atoms with Crippen LogP contribution in [-0.2, 0) is 11.3 Å². The molecule has 2 fully saturated rings.